The summed E-state index contributed by atoms with van der Waals surface area (Å²) in [6.07, 6.45) is 7.74. The number of benzene rings is 2. The Labute approximate surface area is 159 Å². The first kappa shape index (κ1) is 18.5. The van der Waals surface area contributed by atoms with E-state index in [4.69, 9.17) is 4.74 Å². The van der Waals surface area contributed by atoms with Gasteiger partial charge in [0.1, 0.15) is 11.6 Å². The lowest BCUT2D eigenvalue weighted by molar-refractivity contribution is -0.116. The second kappa shape index (κ2) is 9.38. The topological polar surface area (TPSA) is 56.1 Å². The van der Waals surface area contributed by atoms with E-state index in [1.165, 1.54) is 11.6 Å². The fourth-order valence-corrected chi connectivity index (χ4v) is 2.77. The second-order valence-corrected chi connectivity index (χ2v) is 6.11. The van der Waals surface area contributed by atoms with Gasteiger partial charge in [-0.15, -0.1) is 0 Å². The summed E-state index contributed by atoms with van der Waals surface area (Å²) in [5, 5.41) is 2.90. The van der Waals surface area contributed by atoms with E-state index in [1.54, 1.807) is 19.4 Å². The van der Waals surface area contributed by atoms with Crippen LogP contribution in [0.1, 0.15) is 17.0 Å². The zero-order chi connectivity index (χ0) is 18.9. The minimum absolute atomic E-state index is 0.126. The Morgan fingerprint density at radius 2 is 2.04 bits per heavy atom. The normalized spacial score (nSPS) is 10.9. The van der Waals surface area contributed by atoms with Crippen molar-refractivity contribution in [1.82, 2.24) is 14.9 Å². The average molecular weight is 361 g/mol. The number of carbonyl (C=O) groups is 1. The molecule has 0 radical (unpaired) electrons. The molecule has 5 nitrogen and oxygen atoms in total. The van der Waals surface area contributed by atoms with E-state index in [9.17, 15) is 4.79 Å². The van der Waals surface area contributed by atoms with E-state index in [0.717, 1.165) is 23.7 Å². The van der Waals surface area contributed by atoms with Crippen LogP contribution in [-0.4, -0.2) is 29.1 Å². The van der Waals surface area contributed by atoms with Crippen molar-refractivity contribution < 1.29 is 9.53 Å². The summed E-state index contributed by atoms with van der Waals surface area (Å²) < 4.78 is 7.28. The lowest BCUT2D eigenvalue weighted by Crippen LogP contribution is -2.24. The van der Waals surface area contributed by atoms with Crippen LogP contribution in [0.5, 0.6) is 5.75 Å². The highest BCUT2D eigenvalue weighted by Crippen LogP contribution is 2.13. The second-order valence-electron chi connectivity index (χ2n) is 6.11. The number of ether oxygens (including phenoxy) is 1. The molecule has 1 heterocycles. The zero-order valence-electron chi connectivity index (χ0n) is 15.3. The summed E-state index contributed by atoms with van der Waals surface area (Å²) in [7, 11) is 1.62. The number of rotatable bonds is 8. The first-order valence-corrected chi connectivity index (χ1v) is 8.88. The Balaban J connectivity index is 1.49. The van der Waals surface area contributed by atoms with Crippen LogP contribution in [-0.2, 0) is 17.8 Å². The third-order valence-electron chi connectivity index (χ3n) is 4.17. The van der Waals surface area contributed by atoms with Gasteiger partial charge in [-0.2, -0.15) is 0 Å². The molecule has 0 aliphatic rings. The monoisotopic (exact) mass is 361 g/mol. The molecule has 5 heteroatoms. The van der Waals surface area contributed by atoms with Gasteiger partial charge in [0.25, 0.3) is 0 Å². The maximum atomic E-state index is 12.0. The number of methoxy groups -OCH3 is 1. The largest absolute Gasteiger partial charge is 0.497 e. The van der Waals surface area contributed by atoms with Crippen LogP contribution in [0.25, 0.3) is 6.08 Å². The third-order valence-corrected chi connectivity index (χ3v) is 4.17. The van der Waals surface area contributed by atoms with E-state index in [-0.39, 0.29) is 5.91 Å². The highest BCUT2D eigenvalue weighted by molar-refractivity contribution is 5.91. The van der Waals surface area contributed by atoms with Crippen molar-refractivity contribution in [2.24, 2.45) is 0 Å². The van der Waals surface area contributed by atoms with Crippen LogP contribution in [0.15, 0.2) is 73.1 Å². The molecular weight excluding hydrogens is 338 g/mol. The van der Waals surface area contributed by atoms with Crippen molar-refractivity contribution in [1.29, 1.82) is 0 Å². The molecule has 3 aromatic rings. The molecule has 2 aromatic carbocycles. The van der Waals surface area contributed by atoms with Crippen LogP contribution in [0.4, 0.5) is 0 Å². The third kappa shape index (κ3) is 5.57. The molecule has 1 N–H and O–H groups in total. The van der Waals surface area contributed by atoms with E-state index in [1.807, 2.05) is 48.7 Å². The van der Waals surface area contributed by atoms with Gasteiger partial charge < -0.3 is 14.6 Å². The summed E-state index contributed by atoms with van der Waals surface area (Å²) in [4.78, 5) is 16.4. The molecule has 3 rings (SSSR count). The Morgan fingerprint density at radius 3 is 2.85 bits per heavy atom. The number of aromatic nitrogens is 2. The van der Waals surface area contributed by atoms with Crippen LogP contribution in [0.3, 0.4) is 0 Å². The lowest BCUT2D eigenvalue weighted by Gasteiger charge is -2.08. The van der Waals surface area contributed by atoms with Crippen molar-refractivity contribution in [3.05, 3.63) is 90.0 Å². The lowest BCUT2D eigenvalue weighted by atomic mass is 10.2. The first-order chi connectivity index (χ1) is 13.2. The summed E-state index contributed by atoms with van der Waals surface area (Å²) in [6, 6.07) is 17.8. The van der Waals surface area contributed by atoms with E-state index in [0.29, 0.717) is 13.0 Å². The maximum Gasteiger partial charge on any atom is 0.244 e. The zero-order valence-corrected chi connectivity index (χ0v) is 15.3. The number of hydrogen-bond donors (Lipinski definition) is 1. The molecule has 1 amide bonds. The molecule has 0 saturated heterocycles. The minimum Gasteiger partial charge on any atom is -0.497 e. The Morgan fingerprint density at radius 1 is 1.19 bits per heavy atom. The van der Waals surface area contributed by atoms with Crippen molar-refractivity contribution in [2.75, 3.05) is 13.7 Å². The van der Waals surface area contributed by atoms with Crippen LogP contribution >= 0.6 is 0 Å². The van der Waals surface area contributed by atoms with Gasteiger partial charge in [-0.05, 0) is 29.3 Å². The Kier molecular flexibility index (Phi) is 6.41. The summed E-state index contributed by atoms with van der Waals surface area (Å²) in [6.45, 7) is 1.31. The van der Waals surface area contributed by atoms with E-state index in [2.05, 4.69) is 27.0 Å². The number of carbonyl (C=O) groups excluding carboxylic acids is 1. The molecule has 0 unspecified atom stereocenters. The highest BCUT2D eigenvalue weighted by atomic mass is 16.5. The SMILES string of the molecule is COc1cccc(/C=C/C(=O)NCCc2nccn2Cc2ccccc2)c1. The molecule has 0 saturated carbocycles. The standard InChI is InChI=1S/C22H23N3O2/c1-27-20-9-5-8-18(16-20)10-11-22(26)24-13-12-21-23-14-15-25(21)17-19-6-3-2-4-7-19/h2-11,14-16H,12-13,17H2,1H3,(H,24,26)/b11-10+. The van der Waals surface area contributed by atoms with Crippen LogP contribution < -0.4 is 10.1 Å². The molecule has 0 aliphatic carbocycles. The molecule has 0 spiro atoms. The first-order valence-electron chi connectivity index (χ1n) is 8.88. The van der Waals surface area contributed by atoms with Gasteiger partial charge in [0.05, 0.1) is 7.11 Å². The summed E-state index contributed by atoms with van der Waals surface area (Å²) in [5.41, 5.74) is 2.14. The average Bonchev–Trinajstić information content (AvgIpc) is 3.14. The van der Waals surface area contributed by atoms with Crippen molar-refractivity contribution in [3.63, 3.8) is 0 Å². The van der Waals surface area contributed by atoms with Crippen molar-refractivity contribution >= 4 is 12.0 Å². The molecule has 138 valence electrons. The maximum absolute atomic E-state index is 12.0. The number of imidazole rings is 1. The van der Waals surface area contributed by atoms with Gasteiger partial charge in [-0.3, -0.25) is 4.79 Å². The summed E-state index contributed by atoms with van der Waals surface area (Å²) in [5.74, 6) is 1.60. The molecular formula is C22H23N3O2. The number of amides is 1. The highest BCUT2D eigenvalue weighted by Gasteiger charge is 2.04. The van der Waals surface area contributed by atoms with Crippen LogP contribution in [0.2, 0.25) is 0 Å². The van der Waals surface area contributed by atoms with Gasteiger partial charge in [0.2, 0.25) is 5.91 Å². The molecule has 0 bridgehead atoms. The minimum atomic E-state index is -0.126. The van der Waals surface area contributed by atoms with Gasteiger partial charge in [0.15, 0.2) is 0 Å². The van der Waals surface area contributed by atoms with Gasteiger partial charge in [0, 0.05) is 38.0 Å². The molecule has 0 aliphatic heterocycles. The van der Waals surface area contributed by atoms with Crippen molar-refractivity contribution in [2.45, 2.75) is 13.0 Å². The number of nitrogens with one attached hydrogen (secondary N) is 1. The number of hydrogen-bond acceptors (Lipinski definition) is 3. The molecule has 0 atom stereocenters. The van der Waals surface area contributed by atoms with Crippen molar-refractivity contribution in [3.8, 4) is 5.75 Å². The predicted octanol–water partition coefficient (Wildman–Crippen LogP) is 3.31. The molecule has 0 fully saturated rings. The van der Waals surface area contributed by atoms with Gasteiger partial charge in [-0.1, -0.05) is 42.5 Å². The molecule has 1 aromatic heterocycles. The predicted molar refractivity (Wildman–Crippen MR) is 107 cm³/mol. The smallest absolute Gasteiger partial charge is 0.244 e. The van der Waals surface area contributed by atoms with Crippen LogP contribution in [0, 0.1) is 0 Å². The summed E-state index contributed by atoms with van der Waals surface area (Å²) >= 11 is 0. The van der Waals surface area contributed by atoms with Gasteiger partial charge in [-0.25, -0.2) is 4.98 Å². The number of nitrogens with zero attached hydrogens (tertiary/aromatic N) is 2. The Hall–Kier alpha value is -3.34. The fraction of sp³-hybridized carbons (Fsp3) is 0.182. The quantitative estimate of drug-likeness (QED) is 0.626. The fourth-order valence-electron chi connectivity index (χ4n) is 2.77. The Bertz CT molecular complexity index is 901. The van der Waals surface area contributed by atoms with Gasteiger partial charge >= 0.3 is 0 Å². The molecule has 27 heavy (non-hydrogen) atoms. The van der Waals surface area contributed by atoms with E-state index < -0.39 is 0 Å². The van der Waals surface area contributed by atoms with E-state index >= 15 is 0 Å².